The predicted molar refractivity (Wildman–Crippen MR) is 43.5 cm³/mol. The van der Waals surface area contributed by atoms with Gasteiger partial charge in [-0.2, -0.15) is 0 Å². The van der Waals surface area contributed by atoms with E-state index >= 15 is 0 Å². The number of nitrogens with zero attached hydrogens (tertiary/aromatic N) is 1. The largest absolute Gasteiger partial charge is 0.474 e. The van der Waals surface area contributed by atoms with E-state index in [-0.39, 0.29) is 0 Å². The minimum atomic E-state index is 0.447. The molecule has 0 saturated heterocycles. The van der Waals surface area contributed by atoms with Crippen LogP contribution in [0.25, 0.3) is 0 Å². The van der Waals surface area contributed by atoms with E-state index in [2.05, 4.69) is 8.75 Å². The smallest absolute Gasteiger partial charge is 0.262 e. The van der Waals surface area contributed by atoms with Gasteiger partial charge in [-0.05, 0) is 0 Å². The zero-order chi connectivity index (χ0) is 7.40. The predicted octanol–water partition coefficient (Wildman–Crippen LogP) is 1.82. The third-order valence-electron chi connectivity index (χ3n) is 0.777. The third-order valence-corrected chi connectivity index (χ3v) is 1.89. The molecule has 0 aromatic carbocycles. The van der Waals surface area contributed by atoms with Gasteiger partial charge in [0.25, 0.3) is 5.88 Å². The van der Waals surface area contributed by atoms with Gasteiger partial charge in [0, 0.05) is 11.7 Å². The van der Waals surface area contributed by atoms with Crippen molar-refractivity contribution in [2.24, 2.45) is 0 Å². The summed E-state index contributed by atoms with van der Waals surface area (Å²) in [6.07, 6.45) is 0. The van der Waals surface area contributed by atoms with E-state index in [1.165, 1.54) is 11.7 Å². The molecule has 6 heteroatoms. The van der Waals surface area contributed by atoms with E-state index in [0.717, 1.165) is 0 Å². The Bertz CT molecular complexity index is 245. The second kappa shape index (κ2) is 3.90. The maximum absolute atomic E-state index is 5.38. The molecule has 0 bridgehead atoms. The summed E-state index contributed by atoms with van der Waals surface area (Å²) in [4.78, 5) is 0. The van der Waals surface area contributed by atoms with Crippen LogP contribution in [0.15, 0.2) is 0 Å². The molecule has 1 heterocycles. The van der Waals surface area contributed by atoms with Crippen molar-refractivity contribution in [3.63, 3.8) is 0 Å². The van der Waals surface area contributed by atoms with Crippen LogP contribution in [0.2, 0.25) is 0 Å². The van der Waals surface area contributed by atoms with Crippen molar-refractivity contribution >= 4 is 35.5 Å². The summed E-state index contributed by atoms with van der Waals surface area (Å²) >= 11 is 11.4. The molecule has 0 spiro atoms. The summed E-state index contributed by atoms with van der Waals surface area (Å²) in [5.74, 6) is 0.924. The van der Waals surface area contributed by atoms with Crippen LogP contribution in [0.3, 0.4) is 0 Å². The topological polar surface area (TPSA) is 37.9 Å². The Hall–Kier alpha value is -0.130. The maximum Gasteiger partial charge on any atom is 0.262 e. The van der Waals surface area contributed by atoms with Crippen molar-refractivity contribution in [1.82, 2.24) is 8.75 Å². The van der Waals surface area contributed by atoms with Crippen LogP contribution in [0.4, 0.5) is 0 Å². The fraction of sp³-hybridized carbons (Fsp3) is 0.500. The van der Waals surface area contributed by atoms with Crippen molar-refractivity contribution in [3.05, 3.63) is 4.64 Å². The highest BCUT2D eigenvalue weighted by Gasteiger charge is 1.97. The molecule has 10 heavy (non-hydrogen) atoms. The summed E-state index contributed by atoms with van der Waals surface area (Å²) in [6.45, 7) is 0.447. The number of rotatable bonds is 3. The van der Waals surface area contributed by atoms with Crippen molar-refractivity contribution in [2.45, 2.75) is 0 Å². The van der Waals surface area contributed by atoms with E-state index in [9.17, 15) is 0 Å². The van der Waals surface area contributed by atoms with Gasteiger partial charge in [-0.25, -0.2) is 0 Å². The highest BCUT2D eigenvalue weighted by molar-refractivity contribution is 7.71. The first-order valence-corrected chi connectivity index (χ1v) is 4.29. The van der Waals surface area contributed by atoms with Crippen LogP contribution in [0.5, 0.6) is 5.88 Å². The summed E-state index contributed by atoms with van der Waals surface area (Å²) in [5.41, 5.74) is 0. The van der Waals surface area contributed by atoms with Crippen LogP contribution in [-0.4, -0.2) is 21.2 Å². The van der Waals surface area contributed by atoms with Crippen molar-refractivity contribution < 1.29 is 4.74 Å². The summed E-state index contributed by atoms with van der Waals surface area (Å²) in [7, 11) is 0. The number of nitrogens with one attached hydrogen (secondary N) is 1. The first-order valence-electron chi connectivity index (χ1n) is 2.57. The molecule has 0 unspecified atom stereocenters. The van der Waals surface area contributed by atoms with E-state index in [0.29, 0.717) is 23.0 Å². The van der Waals surface area contributed by atoms with Crippen LogP contribution in [0, 0.1) is 4.64 Å². The van der Waals surface area contributed by atoms with E-state index in [1.54, 1.807) is 0 Å². The van der Waals surface area contributed by atoms with Gasteiger partial charge in [0.05, 0.1) is 5.88 Å². The molecular formula is C4H5ClN2OS2. The zero-order valence-corrected chi connectivity index (χ0v) is 7.35. The molecule has 0 aliphatic rings. The van der Waals surface area contributed by atoms with Gasteiger partial charge in [-0.1, -0.05) is 12.2 Å². The van der Waals surface area contributed by atoms with Gasteiger partial charge in [0.2, 0.25) is 0 Å². The van der Waals surface area contributed by atoms with Gasteiger partial charge in [0.1, 0.15) is 6.61 Å². The zero-order valence-electron chi connectivity index (χ0n) is 4.96. The Morgan fingerprint density at radius 2 is 2.60 bits per heavy atom. The highest BCUT2D eigenvalue weighted by atomic mass is 35.5. The Morgan fingerprint density at radius 1 is 1.80 bits per heavy atom. The second-order valence-corrected chi connectivity index (χ2v) is 2.81. The number of alkyl halides is 1. The number of ether oxygens (including phenoxy) is 1. The molecule has 3 nitrogen and oxygen atoms in total. The Labute approximate surface area is 72.3 Å². The number of aromatic amines is 1. The van der Waals surface area contributed by atoms with Crippen molar-refractivity contribution in [1.29, 1.82) is 0 Å². The Morgan fingerprint density at radius 3 is 3.10 bits per heavy atom. The van der Waals surface area contributed by atoms with E-state index in [1.807, 2.05) is 0 Å². The SMILES string of the molecule is S=c1[nH]snc1OCCCl. The lowest BCUT2D eigenvalue weighted by atomic mass is 10.8. The van der Waals surface area contributed by atoms with E-state index < -0.39 is 0 Å². The maximum atomic E-state index is 5.38. The Balaban J connectivity index is 2.57. The molecule has 0 aliphatic carbocycles. The van der Waals surface area contributed by atoms with Crippen LogP contribution in [-0.2, 0) is 0 Å². The quantitative estimate of drug-likeness (QED) is 0.592. The molecule has 0 radical (unpaired) electrons. The average Bonchev–Trinajstić information content (AvgIpc) is 2.31. The first kappa shape index (κ1) is 7.97. The monoisotopic (exact) mass is 196 g/mol. The fourth-order valence-electron chi connectivity index (χ4n) is 0.418. The summed E-state index contributed by atoms with van der Waals surface area (Å²) in [5, 5.41) is 0. The third kappa shape index (κ3) is 1.93. The van der Waals surface area contributed by atoms with Gasteiger partial charge in [-0.3, -0.25) is 4.37 Å². The number of H-pyrrole nitrogens is 1. The summed E-state index contributed by atoms with van der Waals surface area (Å²) < 4.78 is 12.2. The Kier molecular flexibility index (Phi) is 3.11. The van der Waals surface area contributed by atoms with Gasteiger partial charge < -0.3 is 4.74 Å². The van der Waals surface area contributed by atoms with Crippen molar-refractivity contribution in [3.8, 4) is 5.88 Å². The molecule has 0 atom stereocenters. The standard InChI is InChI=1S/C4H5ClN2OS2/c5-1-2-8-3-4(9)7-10-6-3/h1-2H2,(H,7,9). The molecule has 1 N–H and O–H groups in total. The summed E-state index contributed by atoms with van der Waals surface area (Å²) in [6, 6.07) is 0. The molecular weight excluding hydrogens is 192 g/mol. The molecule has 0 saturated carbocycles. The average molecular weight is 197 g/mol. The number of halogens is 1. The second-order valence-electron chi connectivity index (χ2n) is 1.46. The van der Waals surface area contributed by atoms with Gasteiger partial charge in [0.15, 0.2) is 4.64 Å². The molecule has 0 amide bonds. The minimum absolute atomic E-state index is 0.447. The molecule has 1 aromatic rings. The number of hydrogen-bond donors (Lipinski definition) is 1. The van der Waals surface area contributed by atoms with Crippen LogP contribution in [0.1, 0.15) is 0 Å². The molecule has 1 aromatic heterocycles. The van der Waals surface area contributed by atoms with Crippen LogP contribution >= 0.6 is 35.5 Å². The lowest BCUT2D eigenvalue weighted by molar-refractivity contribution is 0.331. The van der Waals surface area contributed by atoms with Crippen molar-refractivity contribution in [2.75, 3.05) is 12.5 Å². The lowest BCUT2D eigenvalue weighted by Gasteiger charge is -1.94. The normalized spacial score (nSPS) is 9.70. The van der Waals surface area contributed by atoms with E-state index in [4.69, 9.17) is 28.6 Å². The lowest BCUT2D eigenvalue weighted by Crippen LogP contribution is -1.97. The van der Waals surface area contributed by atoms with Crippen LogP contribution < -0.4 is 4.74 Å². The molecule has 56 valence electrons. The minimum Gasteiger partial charge on any atom is -0.474 e. The fourth-order valence-corrected chi connectivity index (χ4v) is 1.21. The van der Waals surface area contributed by atoms with Gasteiger partial charge in [-0.15, -0.1) is 16.0 Å². The molecule has 0 fully saturated rings. The number of aromatic nitrogens is 2. The first-order chi connectivity index (χ1) is 4.84. The van der Waals surface area contributed by atoms with Gasteiger partial charge >= 0.3 is 0 Å². The molecule has 1 rings (SSSR count). The molecule has 0 aliphatic heterocycles. The highest BCUT2D eigenvalue weighted by Crippen LogP contribution is 2.08. The number of hydrogen-bond acceptors (Lipinski definition) is 4.